The van der Waals surface area contributed by atoms with Gasteiger partial charge in [0.25, 0.3) is 0 Å². The van der Waals surface area contributed by atoms with Crippen LogP contribution in [0.4, 0.5) is 0 Å². The van der Waals surface area contributed by atoms with Gasteiger partial charge in [-0.1, -0.05) is 24.3 Å². The summed E-state index contributed by atoms with van der Waals surface area (Å²) in [6, 6.07) is 8.40. The molecule has 2 nitrogen and oxygen atoms in total. The molecule has 0 aromatic heterocycles. The number of carbonyl (C=O) groups excluding carboxylic acids is 2. The van der Waals surface area contributed by atoms with E-state index in [1.807, 2.05) is 0 Å². The zero-order chi connectivity index (χ0) is 13.4. The van der Waals surface area contributed by atoms with E-state index in [9.17, 15) is 9.59 Å². The van der Waals surface area contributed by atoms with E-state index in [1.54, 1.807) is 0 Å². The largest absolute Gasteiger partial charge is 0.287 e. The summed E-state index contributed by atoms with van der Waals surface area (Å²) in [5.41, 5.74) is 2.51. The first-order valence-corrected chi connectivity index (χ1v) is 7.61. The first-order valence-electron chi connectivity index (χ1n) is 6.02. The van der Waals surface area contributed by atoms with E-state index < -0.39 is 0 Å². The molecule has 18 heavy (non-hydrogen) atoms. The number of hydrogen-bond donors (Lipinski definition) is 0. The van der Waals surface area contributed by atoms with Gasteiger partial charge < -0.3 is 0 Å². The molecule has 0 atom stereocenters. The second kappa shape index (κ2) is 8.59. The Kier molecular flexibility index (Phi) is 7.44. The Morgan fingerprint density at radius 2 is 1.11 bits per heavy atom. The number of rotatable bonds is 8. The fourth-order valence-electron chi connectivity index (χ4n) is 1.74. The van der Waals surface area contributed by atoms with Crippen molar-refractivity contribution in [2.24, 2.45) is 0 Å². The van der Waals surface area contributed by atoms with Crippen LogP contribution in [0.25, 0.3) is 0 Å². The van der Waals surface area contributed by atoms with Gasteiger partial charge in [0.05, 0.1) is 0 Å². The number of hydrogen-bond acceptors (Lipinski definition) is 2. The van der Waals surface area contributed by atoms with Crippen LogP contribution in [-0.2, 0) is 22.4 Å². The molecule has 0 saturated heterocycles. The van der Waals surface area contributed by atoms with Gasteiger partial charge in [-0.15, -0.1) is 0 Å². The maximum Gasteiger partial charge on any atom is 0.197 e. The van der Waals surface area contributed by atoms with Crippen molar-refractivity contribution >= 4 is 41.2 Å². The lowest BCUT2D eigenvalue weighted by atomic mass is 10.0. The van der Waals surface area contributed by atoms with Gasteiger partial charge in [-0.2, -0.15) is 0 Å². The molecule has 0 spiro atoms. The minimum atomic E-state index is 0.0681. The van der Waals surface area contributed by atoms with Crippen LogP contribution in [0.1, 0.15) is 36.8 Å². The molecule has 0 N–H and O–H groups in total. The van der Waals surface area contributed by atoms with Crippen LogP contribution in [-0.4, -0.2) is 9.39 Å². The predicted octanol–water partition coefficient (Wildman–Crippen LogP) is 4.18. The van der Waals surface area contributed by atoms with Crippen LogP contribution in [0.15, 0.2) is 24.3 Å². The van der Waals surface area contributed by atoms with E-state index in [2.05, 4.69) is 56.1 Å². The van der Waals surface area contributed by atoms with Gasteiger partial charge in [-0.05, 0) is 68.7 Å². The topological polar surface area (TPSA) is 34.1 Å². The lowest BCUT2D eigenvalue weighted by Crippen LogP contribution is -1.92. The number of benzene rings is 1. The fraction of sp³-hybridized carbons (Fsp3) is 0.429. The summed E-state index contributed by atoms with van der Waals surface area (Å²) in [6.07, 6.45) is 4.77. The molecule has 0 bridgehead atoms. The maximum atomic E-state index is 10.7. The average Bonchev–Trinajstić information content (AvgIpc) is 2.30. The van der Waals surface area contributed by atoms with Crippen LogP contribution in [0.5, 0.6) is 0 Å². The van der Waals surface area contributed by atoms with Crippen LogP contribution >= 0.6 is 31.9 Å². The quantitative estimate of drug-likeness (QED) is 0.639. The molecule has 0 saturated carbocycles. The Balaban J connectivity index is 2.33. The highest BCUT2D eigenvalue weighted by Gasteiger charge is 2.00. The molecule has 98 valence electrons. The number of halogens is 2. The minimum Gasteiger partial charge on any atom is -0.287 e. The van der Waals surface area contributed by atoms with Crippen molar-refractivity contribution in [3.05, 3.63) is 35.4 Å². The third kappa shape index (κ3) is 7.07. The highest BCUT2D eigenvalue weighted by molar-refractivity contribution is 9.18. The van der Waals surface area contributed by atoms with Crippen LogP contribution in [0, 0.1) is 0 Å². The second-order valence-electron chi connectivity index (χ2n) is 4.23. The fourth-order valence-corrected chi connectivity index (χ4v) is 2.30. The zero-order valence-electron chi connectivity index (χ0n) is 10.1. The van der Waals surface area contributed by atoms with Gasteiger partial charge in [-0.25, -0.2) is 0 Å². The molecule has 0 unspecified atom stereocenters. The van der Waals surface area contributed by atoms with Crippen molar-refractivity contribution in [2.75, 3.05) is 0 Å². The van der Waals surface area contributed by atoms with Gasteiger partial charge in [-0.3, -0.25) is 9.59 Å². The summed E-state index contributed by atoms with van der Waals surface area (Å²) in [6.45, 7) is 0. The van der Waals surface area contributed by atoms with Gasteiger partial charge >= 0.3 is 0 Å². The maximum absolute atomic E-state index is 10.7. The van der Waals surface area contributed by atoms with Crippen LogP contribution < -0.4 is 0 Å². The van der Waals surface area contributed by atoms with Crippen molar-refractivity contribution in [1.29, 1.82) is 0 Å². The van der Waals surface area contributed by atoms with E-state index in [0.717, 1.165) is 25.7 Å². The number of carbonyl (C=O) groups is 2. The molecule has 1 aromatic carbocycles. The lowest BCUT2D eigenvalue weighted by Gasteiger charge is -2.03. The molecule has 0 heterocycles. The monoisotopic (exact) mass is 374 g/mol. The third-order valence-electron chi connectivity index (χ3n) is 2.70. The van der Waals surface area contributed by atoms with Crippen molar-refractivity contribution in [3.63, 3.8) is 0 Å². The zero-order valence-corrected chi connectivity index (χ0v) is 13.3. The van der Waals surface area contributed by atoms with E-state index in [1.165, 1.54) is 11.1 Å². The molecule has 1 rings (SSSR count). The Morgan fingerprint density at radius 3 is 1.39 bits per heavy atom. The standard InChI is InChI=1S/C14H16Br2O2/c15-13(17)5-1-3-11-7-9-12(10-8-11)4-2-6-14(16)18/h7-10H,1-6H2. The van der Waals surface area contributed by atoms with Crippen LogP contribution in [0.2, 0.25) is 0 Å². The third-order valence-corrected chi connectivity index (χ3v) is 3.49. The Bertz CT molecular complexity index is 360. The number of aryl methyl sites for hydroxylation is 2. The molecule has 0 aliphatic carbocycles. The predicted molar refractivity (Wildman–Crippen MR) is 80.2 cm³/mol. The van der Waals surface area contributed by atoms with Gasteiger partial charge in [0, 0.05) is 12.8 Å². The normalized spacial score (nSPS) is 10.3. The summed E-state index contributed by atoms with van der Waals surface area (Å²) >= 11 is 5.86. The van der Waals surface area contributed by atoms with E-state index in [-0.39, 0.29) is 9.39 Å². The SMILES string of the molecule is O=C(Br)CCCc1ccc(CCCC(=O)Br)cc1. The van der Waals surface area contributed by atoms with Gasteiger partial charge in [0.1, 0.15) is 0 Å². The van der Waals surface area contributed by atoms with Crippen molar-refractivity contribution in [2.45, 2.75) is 38.5 Å². The first kappa shape index (κ1) is 15.6. The van der Waals surface area contributed by atoms with E-state index in [0.29, 0.717) is 12.8 Å². The Hall–Kier alpha value is -0.480. The molecule has 0 fully saturated rings. The summed E-state index contributed by atoms with van der Waals surface area (Å²) < 4.78 is 0.136. The highest BCUT2D eigenvalue weighted by atomic mass is 79.9. The summed E-state index contributed by atoms with van der Waals surface area (Å²) in [5.74, 6) is 0. The van der Waals surface area contributed by atoms with Gasteiger partial charge in [0.15, 0.2) is 9.39 Å². The van der Waals surface area contributed by atoms with Crippen molar-refractivity contribution in [1.82, 2.24) is 0 Å². The van der Waals surface area contributed by atoms with E-state index >= 15 is 0 Å². The molecule has 0 aliphatic heterocycles. The summed E-state index contributed by atoms with van der Waals surface area (Å²) in [7, 11) is 0. The minimum absolute atomic E-state index is 0.0681. The smallest absolute Gasteiger partial charge is 0.197 e. The second-order valence-corrected chi connectivity index (χ2v) is 6.00. The molecule has 0 aliphatic rings. The van der Waals surface area contributed by atoms with E-state index in [4.69, 9.17) is 0 Å². The molecule has 1 aromatic rings. The highest BCUT2D eigenvalue weighted by Crippen LogP contribution is 2.11. The first-order chi connectivity index (χ1) is 8.58. The Morgan fingerprint density at radius 1 is 0.778 bits per heavy atom. The summed E-state index contributed by atoms with van der Waals surface area (Å²) in [4.78, 5) is 21.5. The molecule has 0 radical (unpaired) electrons. The van der Waals surface area contributed by atoms with Crippen LogP contribution in [0.3, 0.4) is 0 Å². The van der Waals surface area contributed by atoms with Gasteiger partial charge in [0.2, 0.25) is 0 Å². The molecular formula is C14H16Br2O2. The lowest BCUT2D eigenvalue weighted by molar-refractivity contribution is -0.111. The van der Waals surface area contributed by atoms with Crippen molar-refractivity contribution in [3.8, 4) is 0 Å². The molecular weight excluding hydrogens is 360 g/mol. The summed E-state index contributed by atoms with van der Waals surface area (Å²) in [5, 5.41) is 0. The Labute approximate surface area is 124 Å². The average molecular weight is 376 g/mol. The molecule has 0 amide bonds. The molecule has 4 heteroatoms. The van der Waals surface area contributed by atoms with Crippen molar-refractivity contribution < 1.29 is 9.59 Å².